The topological polar surface area (TPSA) is 38.9 Å². The Morgan fingerprint density at radius 1 is 1.70 bits per heavy atom. The van der Waals surface area contributed by atoms with Gasteiger partial charge in [-0.25, -0.2) is 9.37 Å². The molecule has 0 radical (unpaired) electrons. The van der Waals surface area contributed by atoms with Crippen molar-refractivity contribution in [2.75, 3.05) is 5.73 Å². The van der Waals surface area contributed by atoms with Crippen molar-refractivity contribution < 1.29 is 4.39 Å². The number of aromatic nitrogens is 1. The highest BCUT2D eigenvalue weighted by Gasteiger charge is 2.02. The first-order valence-corrected chi connectivity index (χ1v) is 3.48. The molecule has 10 heavy (non-hydrogen) atoms. The second-order valence-corrected chi connectivity index (χ2v) is 2.69. The van der Waals surface area contributed by atoms with Gasteiger partial charge in [0.2, 0.25) is 0 Å². The van der Waals surface area contributed by atoms with Crippen molar-refractivity contribution in [2.24, 2.45) is 0 Å². The van der Waals surface area contributed by atoms with E-state index in [2.05, 4.69) is 20.9 Å². The molecule has 0 bridgehead atoms. The largest absolute Gasteiger partial charge is 0.396 e. The highest BCUT2D eigenvalue weighted by Crippen LogP contribution is 2.18. The zero-order chi connectivity index (χ0) is 7.72. The predicted molar refractivity (Wildman–Crippen MR) is 41.0 cm³/mol. The van der Waals surface area contributed by atoms with E-state index < -0.39 is 0 Å². The number of pyridine rings is 1. The Bertz CT molecular complexity index is 212. The SMILES string of the molecule is Cc1nc(Br)c(N)cc1F. The van der Waals surface area contributed by atoms with Crippen LogP contribution in [0.15, 0.2) is 10.7 Å². The molecule has 0 amide bonds. The van der Waals surface area contributed by atoms with Crippen LogP contribution >= 0.6 is 15.9 Å². The van der Waals surface area contributed by atoms with Gasteiger partial charge in [-0.3, -0.25) is 0 Å². The molecule has 0 aliphatic rings. The van der Waals surface area contributed by atoms with E-state index in [0.717, 1.165) is 0 Å². The van der Waals surface area contributed by atoms with E-state index in [1.807, 2.05) is 0 Å². The standard InChI is InChI=1S/C6H6BrFN2/c1-3-4(8)2-5(9)6(7)10-3/h2H,9H2,1H3. The molecular weight excluding hydrogens is 199 g/mol. The third kappa shape index (κ3) is 1.26. The number of nitrogens with two attached hydrogens (primary N) is 1. The van der Waals surface area contributed by atoms with Gasteiger partial charge in [-0.2, -0.15) is 0 Å². The molecule has 0 aliphatic carbocycles. The molecule has 2 nitrogen and oxygen atoms in total. The maximum absolute atomic E-state index is 12.6. The Labute approximate surface area is 66.4 Å². The van der Waals surface area contributed by atoms with Crippen LogP contribution < -0.4 is 5.73 Å². The Morgan fingerprint density at radius 2 is 2.30 bits per heavy atom. The minimum atomic E-state index is -0.374. The van der Waals surface area contributed by atoms with E-state index in [4.69, 9.17) is 5.73 Å². The lowest BCUT2D eigenvalue weighted by Crippen LogP contribution is -1.94. The second kappa shape index (κ2) is 2.54. The van der Waals surface area contributed by atoms with Crippen molar-refractivity contribution in [2.45, 2.75) is 6.92 Å². The van der Waals surface area contributed by atoms with Crippen LogP contribution in [0.3, 0.4) is 0 Å². The minimum absolute atomic E-state index is 0.322. The molecule has 4 heteroatoms. The summed E-state index contributed by atoms with van der Waals surface area (Å²) in [5.41, 5.74) is 6.01. The molecule has 0 aromatic carbocycles. The van der Waals surface area contributed by atoms with E-state index >= 15 is 0 Å². The fourth-order valence-electron chi connectivity index (χ4n) is 0.566. The van der Waals surface area contributed by atoms with Crippen molar-refractivity contribution >= 4 is 21.6 Å². The fourth-order valence-corrected chi connectivity index (χ4v) is 0.946. The van der Waals surface area contributed by atoms with Crippen molar-refractivity contribution in [3.05, 3.63) is 22.2 Å². The Balaban J connectivity index is 3.28. The van der Waals surface area contributed by atoms with Crippen LogP contribution in [0.25, 0.3) is 0 Å². The summed E-state index contributed by atoms with van der Waals surface area (Å²) < 4.78 is 13.1. The lowest BCUT2D eigenvalue weighted by atomic mass is 10.3. The van der Waals surface area contributed by atoms with Crippen molar-refractivity contribution in [1.29, 1.82) is 0 Å². The first-order chi connectivity index (χ1) is 4.61. The normalized spacial score (nSPS) is 9.90. The molecule has 0 saturated heterocycles. The lowest BCUT2D eigenvalue weighted by Gasteiger charge is -1.98. The summed E-state index contributed by atoms with van der Waals surface area (Å²) in [4.78, 5) is 3.79. The zero-order valence-corrected chi connectivity index (χ0v) is 6.94. The monoisotopic (exact) mass is 204 g/mol. The molecule has 0 saturated carbocycles. The van der Waals surface area contributed by atoms with Crippen LogP contribution in [-0.4, -0.2) is 4.98 Å². The van der Waals surface area contributed by atoms with E-state index in [9.17, 15) is 4.39 Å². The Morgan fingerprint density at radius 3 is 2.80 bits per heavy atom. The molecule has 54 valence electrons. The van der Waals surface area contributed by atoms with E-state index in [1.54, 1.807) is 6.92 Å². The van der Waals surface area contributed by atoms with Crippen molar-refractivity contribution in [1.82, 2.24) is 4.98 Å². The van der Waals surface area contributed by atoms with Gasteiger partial charge >= 0.3 is 0 Å². The van der Waals surface area contributed by atoms with Crippen LogP contribution in [0, 0.1) is 12.7 Å². The molecule has 0 fully saturated rings. The van der Waals surface area contributed by atoms with E-state index in [0.29, 0.717) is 16.0 Å². The average Bonchev–Trinajstić information content (AvgIpc) is 1.84. The summed E-state index contributed by atoms with van der Waals surface area (Å²) in [6.07, 6.45) is 0. The number of nitrogen functional groups attached to an aromatic ring is 1. The van der Waals surface area contributed by atoms with Crippen LogP contribution in [-0.2, 0) is 0 Å². The Hall–Kier alpha value is -0.640. The first-order valence-electron chi connectivity index (χ1n) is 2.69. The smallest absolute Gasteiger partial charge is 0.146 e. The third-order valence-corrected chi connectivity index (χ3v) is 1.77. The number of nitrogens with zero attached hydrogens (tertiary/aromatic N) is 1. The van der Waals surface area contributed by atoms with Gasteiger partial charge in [-0.1, -0.05) is 0 Å². The van der Waals surface area contributed by atoms with Gasteiger partial charge in [0.15, 0.2) is 0 Å². The average molecular weight is 205 g/mol. The number of aryl methyl sites for hydroxylation is 1. The molecular formula is C6H6BrFN2. The molecule has 1 aromatic heterocycles. The number of rotatable bonds is 0. The number of hydrogen-bond acceptors (Lipinski definition) is 2. The highest BCUT2D eigenvalue weighted by atomic mass is 79.9. The summed E-state index contributed by atoms with van der Waals surface area (Å²) in [6, 6.07) is 1.24. The highest BCUT2D eigenvalue weighted by molar-refractivity contribution is 9.10. The van der Waals surface area contributed by atoms with Gasteiger partial charge in [0.05, 0.1) is 11.4 Å². The van der Waals surface area contributed by atoms with Crippen LogP contribution in [0.1, 0.15) is 5.69 Å². The van der Waals surface area contributed by atoms with Crippen LogP contribution in [0.2, 0.25) is 0 Å². The predicted octanol–water partition coefficient (Wildman–Crippen LogP) is 1.87. The number of halogens is 2. The molecule has 0 aliphatic heterocycles. The summed E-state index contributed by atoms with van der Waals surface area (Å²) >= 11 is 3.08. The van der Waals surface area contributed by atoms with Crippen LogP contribution in [0.5, 0.6) is 0 Å². The van der Waals surface area contributed by atoms with Gasteiger partial charge in [0, 0.05) is 6.07 Å². The summed E-state index contributed by atoms with van der Waals surface area (Å²) in [5, 5.41) is 0. The summed E-state index contributed by atoms with van der Waals surface area (Å²) in [5.74, 6) is -0.374. The maximum atomic E-state index is 12.6. The lowest BCUT2D eigenvalue weighted by molar-refractivity contribution is 0.609. The second-order valence-electron chi connectivity index (χ2n) is 1.94. The van der Waals surface area contributed by atoms with E-state index in [-0.39, 0.29) is 5.82 Å². The molecule has 1 aromatic rings. The zero-order valence-electron chi connectivity index (χ0n) is 5.36. The van der Waals surface area contributed by atoms with Gasteiger partial charge in [-0.05, 0) is 22.9 Å². The van der Waals surface area contributed by atoms with Gasteiger partial charge in [0.25, 0.3) is 0 Å². The minimum Gasteiger partial charge on any atom is -0.396 e. The molecule has 0 spiro atoms. The molecule has 0 unspecified atom stereocenters. The molecule has 1 rings (SSSR count). The van der Waals surface area contributed by atoms with Crippen LogP contribution in [0.4, 0.5) is 10.1 Å². The quantitative estimate of drug-likeness (QED) is 0.656. The molecule has 1 heterocycles. The van der Waals surface area contributed by atoms with Gasteiger partial charge in [0.1, 0.15) is 10.4 Å². The fraction of sp³-hybridized carbons (Fsp3) is 0.167. The van der Waals surface area contributed by atoms with Gasteiger partial charge in [-0.15, -0.1) is 0 Å². The molecule has 0 atom stereocenters. The maximum Gasteiger partial charge on any atom is 0.146 e. The van der Waals surface area contributed by atoms with Gasteiger partial charge < -0.3 is 5.73 Å². The number of anilines is 1. The van der Waals surface area contributed by atoms with E-state index in [1.165, 1.54) is 6.07 Å². The van der Waals surface area contributed by atoms with Crippen molar-refractivity contribution in [3.8, 4) is 0 Å². The summed E-state index contributed by atoms with van der Waals surface area (Å²) in [7, 11) is 0. The summed E-state index contributed by atoms with van der Waals surface area (Å²) in [6.45, 7) is 1.58. The molecule has 2 N–H and O–H groups in total. The van der Waals surface area contributed by atoms with Crippen molar-refractivity contribution in [3.63, 3.8) is 0 Å². The first kappa shape index (κ1) is 7.47. The third-order valence-electron chi connectivity index (χ3n) is 1.13. The Kier molecular flexibility index (Phi) is 1.89. The number of hydrogen-bond donors (Lipinski definition) is 1.